The second-order valence-electron chi connectivity index (χ2n) is 3.69. The van der Waals surface area contributed by atoms with E-state index in [4.69, 9.17) is 0 Å². The third kappa shape index (κ3) is 1.88. The van der Waals surface area contributed by atoms with Gasteiger partial charge in [0.15, 0.2) is 0 Å². The second-order valence-corrected chi connectivity index (χ2v) is 4.67. The first-order valence-corrected chi connectivity index (χ1v) is 5.84. The lowest BCUT2D eigenvalue weighted by molar-refractivity contribution is -0.143. The quantitative estimate of drug-likeness (QED) is 0.620. The highest BCUT2D eigenvalue weighted by molar-refractivity contribution is 8.00. The van der Waals surface area contributed by atoms with Gasteiger partial charge in [-0.05, 0) is 18.8 Å². The minimum Gasteiger partial charge on any atom is -0.281 e. The molecule has 0 N–H and O–H groups in total. The Hall–Kier alpha value is -0.510. The normalized spacial score (nSPS) is 24.8. The molecule has 3 nitrogen and oxygen atoms in total. The fourth-order valence-corrected chi connectivity index (χ4v) is 2.42. The fourth-order valence-electron chi connectivity index (χ4n) is 1.66. The van der Waals surface area contributed by atoms with Gasteiger partial charge in [-0.25, -0.2) is 0 Å². The van der Waals surface area contributed by atoms with E-state index in [0.717, 1.165) is 0 Å². The topological polar surface area (TPSA) is 37.4 Å². The summed E-state index contributed by atoms with van der Waals surface area (Å²) < 4.78 is 0. The summed E-state index contributed by atoms with van der Waals surface area (Å²) in [5.74, 6) is 1.58. The number of hydrogen-bond acceptors (Lipinski definition) is 3. The van der Waals surface area contributed by atoms with Crippen LogP contribution in [0, 0.1) is 5.92 Å². The lowest BCUT2D eigenvalue weighted by atomic mass is 9.85. The summed E-state index contributed by atoms with van der Waals surface area (Å²) in [5, 5.41) is 0. The third-order valence-corrected chi connectivity index (χ3v) is 3.62. The Morgan fingerprint density at radius 2 is 1.85 bits per heavy atom. The van der Waals surface area contributed by atoms with Crippen molar-refractivity contribution in [3.8, 4) is 0 Å². The van der Waals surface area contributed by atoms with Crippen molar-refractivity contribution in [1.82, 2.24) is 4.90 Å². The lowest BCUT2D eigenvalue weighted by Gasteiger charge is -2.32. The molecule has 0 aromatic rings. The summed E-state index contributed by atoms with van der Waals surface area (Å²) in [4.78, 5) is 24.2. The predicted molar refractivity (Wildman–Crippen MR) is 51.4 cm³/mol. The first-order valence-electron chi connectivity index (χ1n) is 4.68. The van der Waals surface area contributed by atoms with Crippen molar-refractivity contribution in [2.24, 2.45) is 5.92 Å². The Labute approximate surface area is 81.9 Å². The molecule has 1 saturated carbocycles. The van der Waals surface area contributed by atoms with Crippen molar-refractivity contribution >= 4 is 23.6 Å². The van der Waals surface area contributed by atoms with Crippen LogP contribution in [-0.4, -0.2) is 34.8 Å². The van der Waals surface area contributed by atoms with Gasteiger partial charge in [0.2, 0.25) is 11.8 Å². The Morgan fingerprint density at radius 3 is 2.31 bits per heavy atom. The van der Waals surface area contributed by atoms with Crippen LogP contribution in [0.3, 0.4) is 0 Å². The van der Waals surface area contributed by atoms with E-state index in [1.165, 1.54) is 35.9 Å². The van der Waals surface area contributed by atoms with E-state index in [0.29, 0.717) is 24.0 Å². The van der Waals surface area contributed by atoms with E-state index in [2.05, 4.69) is 0 Å². The largest absolute Gasteiger partial charge is 0.281 e. The van der Waals surface area contributed by atoms with Gasteiger partial charge in [0.25, 0.3) is 0 Å². The molecule has 0 radical (unpaired) electrons. The number of carbonyl (C=O) groups is 2. The SMILES string of the molecule is O=C1CSCC(=O)N1CC1CCC1. The van der Waals surface area contributed by atoms with Crippen molar-refractivity contribution < 1.29 is 9.59 Å². The van der Waals surface area contributed by atoms with Crippen LogP contribution in [0.25, 0.3) is 0 Å². The van der Waals surface area contributed by atoms with Crippen molar-refractivity contribution in [1.29, 1.82) is 0 Å². The maximum atomic E-state index is 11.4. The molecule has 1 saturated heterocycles. The van der Waals surface area contributed by atoms with Crippen molar-refractivity contribution in [3.05, 3.63) is 0 Å². The van der Waals surface area contributed by atoms with Crippen LogP contribution in [0.5, 0.6) is 0 Å². The monoisotopic (exact) mass is 199 g/mol. The smallest absolute Gasteiger partial charge is 0.239 e. The maximum absolute atomic E-state index is 11.4. The molecule has 13 heavy (non-hydrogen) atoms. The minimum absolute atomic E-state index is 0.00755. The van der Waals surface area contributed by atoms with Crippen LogP contribution < -0.4 is 0 Å². The zero-order valence-corrected chi connectivity index (χ0v) is 8.31. The van der Waals surface area contributed by atoms with Gasteiger partial charge in [0, 0.05) is 6.54 Å². The predicted octanol–water partition coefficient (Wildman–Crippen LogP) is 0.888. The Kier molecular flexibility index (Phi) is 2.58. The van der Waals surface area contributed by atoms with E-state index in [9.17, 15) is 9.59 Å². The molecule has 4 heteroatoms. The number of nitrogens with zero attached hydrogens (tertiary/aromatic N) is 1. The van der Waals surface area contributed by atoms with Crippen LogP contribution in [0.4, 0.5) is 0 Å². The first kappa shape index (κ1) is 9.06. The van der Waals surface area contributed by atoms with Crippen LogP contribution >= 0.6 is 11.8 Å². The highest BCUT2D eigenvalue weighted by Gasteiger charge is 2.30. The number of amides is 2. The molecule has 2 rings (SSSR count). The van der Waals surface area contributed by atoms with E-state index < -0.39 is 0 Å². The van der Waals surface area contributed by atoms with E-state index in [1.807, 2.05) is 0 Å². The zero-order valence-electron chi connectivity index (χ0n) is 7.49. The maximum Gasteiger partial charge on any atom is 0.239 e. The number of imide groups is 1. The summed E-state index contributed by atoms with van der Waals surface area (Å²) in [6, 6.07) is 0. The third-order valence-electron chi connectivity index (χ3n) is 2.72. The van der Waals surface area contributed by atoms with Crippen molar-refractivity contribution in [3.63, 3.8) is 0 Å². The minimum atomic E-state index is 0.00755. The molecule has 1 aliphatic heterocycles. The van der Waals surface area contributed by atoms with Crippen molar-refractivity contribution in [2.75, 3.05) is 18.1 Å². The number of rotatable bonds is 2. The first-order chi connectivity index (χ1) is 6.27. The van der Waals surface area contributed by atoms with Gasteiger partial charge < -0.3 is 0 Å². The van der Waals surface area contributed by atoms with Gasteiger partial charge in [-0.1, -0.05) is 6.42 Å². The summed E-state index contributed by atoms with van der Waals surface area (Å²) in [6.45, 7) is 0.679. The molecule has 1 heterocycles. The molecule has 0 bridgehead atoms. The number of carbonyl (C=O) groups excluding carboxylic acids is 2. The summed E-state index contributed by atoms with van der Waals surface area (Å²) in [6.07, 6.45) is 3.63. The van der Waals surface area contributed by atoms with E-state index in [1.54, 1.807) is 0 Å². The molecular weight excluding hydrogens is 186 g/mol. The van der Waals surface area contributed by atoms with E-state index >= 15 is 0 Å². The van der Waals surface area contributed by atoms with Gasteiger partial charge in [0.05, 0.1) is 11.5 Å². The molecule has 2 fully saturated rings. The molecule has 0 spiro atoms. The Morgan fingerprint density at radius 1 is 1.23 bits per heavy atom. The molecule has 0 aromatic heterocycles. The Balaban J connectivity index is 1.93. The molecule has 2 amide bonds. The second kappa shape index (κ2) is 3.70. The molecule has 0 atom stereocenters. The molecule has 72 valence electrons. The van der Waals surface area contributed by atoms with Gasteiger partial charge >= 0.3 is 0 Å². The van der Waals surface area contributed by atoms with Gasteiger partial charge in [-0.15, -0.1) is 11.8 Å². The average Bonchev–Trinajstić information content (AvgIpc) is 2.00. The lowest BCUT2D eigenvalue weighted by Crippen LogP contribution is -2.46. The molecule has 1 aliphatic carbocycles. The summed E-state index contributed by atoms with van der Waals surface area (Å²) >= 11 is 1.43. The van der Waals surface area contributed by atoms with Gasteiger partial charge in [0.1, 0.15) is 0 Å². The highest BCUT2D eigenvalue weighted by atomic mass is 32.2. The number of hydrogen-bond donors (Lipinski definition) is 0. The van der Waals surface area contributed by atoms with Crippen molar-refractivity contribution in [2.45, 2.75) is 19.3 Å². The molecule has 2 aliphatic rings. The van der Waals surface area contributed by atoms with Gasteiger partial charge in [-0.2, -0.15) is 0 Å². The van der Waals surface area contributed by atoms with Crippen LogP contribution in [0.15, 0.2) is 0 Å². The van der Waals surface area contributed by atoms with Crippen LogP contribution in [-0.2, 0) is 9.59 Å². The van der Waals surface area contributed by atoms with Gasteiger partial charge in [-0.3, -0.25) is 14.5 Å². The van der Waals surface area contributed by atoms with Crippen LogP contribution in [0.1, 0.15) is 19.3 Å². The zero-order chi connectivity index (χ0) is 9.26. The fraction of sp³-hybridized carbons (Fsp3) is 0.778. The number of thioether (sulfide) groups is 1. The van der Waals surface area contributed by atoms with E-state index in [-0.39, 0.29) is 11.8 Å². The Bertz CT molecular complexity index is 222. The molecule has 0 aromatic carbocycles. The average molecular weight is 199 g/mol. The van der Waals surface area contributed by atoms with Crippen LogP contribution in [0.2, 0.25) is 0 Å². The summed E-state index contributed by atoms with van der Waals surface area (Å²) in [7, 11) is 0. The standard InChI is InChI=1S/C9H13NO2S/c11-8-5-13-6-9(12)10(8)4-7-2-1-3-7/h7H,1-6H2. The molecular formula is C9H13NO2S. The summed E-state index contributed by atoms with van der Waals surface area (Å²) in [5.41, 5.74) is 0. The molecule has 0 unspecified atom stereocenters. The highest BCUT2D eigenvalue weighted by Crippen LogP contribution is 2.28.